The Hall–Kier alpha value is -0.180. The summed E-state index contributed by atoms with van der Waals surface area (Å²) in [4.78, 5) is 10.9. The zero-order chi connectivity index (χ0) is 7.61. The van der Waals surface area contributed by atoms with E-state index in [0.717, 1.165) is 5.75 Å². The van der Waals surface area contributed by atoms with Gasteiger partial charge in [-0.2, -0.15) is 12.6 Å². The van der Waals surface area contributed by atoms with Crippen molar-refractivity contribution in [1.29, 1.82) is 0 Å². The zero-order valence-electron chi connectivity index (χ0n) is 6.18. The number of rotatable bonds is 3. The first-order valence-electron chi connectivity index (χ1n) is 3.54. The molecule has 0 spiro atoms. The van der Waals surface area contributed by atoms with E-state index >= 15 is 0 Å². The number of amides is 1. The molecule has 0 saturated heterocycles. The van der Waals surface area contributed by atoms with Crippen LogP contribution in [0.15, 0.2) is 0 Å². The van der Waals surface area contributed by atoms with Crippen LogP contribution in [0.3, 0.4) is 0 Å². The third-order valence-electron chi connectivity index (χ3n) is 2.11. The van der Waals surface area contributed by atoms with Gasteiger partial charge in [0.1, 0.15) is 0 Å². The minimum absolute atomic E-state index is 0.145. The normalized spacial score (nSPS) is 20.2. The summed E-state index contributed by atoms with van der Waals surface area (Å²) in [7, 11) is 1.68. The molecule has 0 aromatic rings. The van der Waals surface area contributed by atoms with Gasteiger partial charge in [-0.1, -0.05) is 0 Å². The topological polar surface area (TPSA) is 29.1 Å². The van der Waals surface area contributed by atoms with Gasteiger partial charge in [0.05, 0.1) is 0 Å². The molecule has 1 N–H and O–H groups in total. The molecule has 2 nitrogen and oxygen atoms in total. The van der Waals surface area contributed by atoms with E-state index in [9.17, 15) is 4.79 Å². The summed E-state index contributed by atoms with van der Waals surface area (Å²) in [5.74, 6) is 0.993. The van der Waals surface area contributed by atoms with Crippen molar-refractivity contribution >= 4 is 18.5 Å². The number of hydrogen-bond donors (Lipinski definition) is 2. The van der Waals surface area contributed by atoms with Gasteiger partial charge in [-0.15, -0.1) is 0 Å². The van der Waals surface area contributed by atoms with Crippen LogP contribution in [0.2, 0.25) is 0 Å². The lowest BCUT2D eigenvalue weighted by Gasteiger charge is -2.08. The van der Waals surface area contributed by atoms with Crippen molar-refractivity contribution in [2.24, 2.45) is 5.41 Å². The van der Waals surface area contributed by atoms with Gasteiger partial charge < -0.3 is 5.32 Å². The fraction of sp³-hybridized carbons (Fsp3) is 0.857. The van der Waals surface area contributed by atoms with E-state index in [1.807, 2.05) is 0 Å². The van der Waals surface area contributed by atoms with Crippen molar-refractivity contribution in [3.8, 4) is 0 Å². The maximum Gasteiger partial charge on any atom is 0.220 e. The molecule has 58 valence electrons. The zero-order valence-corrected chi connectivity index (χ0v) is 7.08. The first-order chi connectivity index (χ1) is 4.72. The highest BCUT2D eigenvalue weighted by Gasteiger charge is 2.42. The van der Waals surface area contributed by atoms with Crippen molar-refractivity contribution in [1.82, 2.24) is 5.32 Å². The maximum absolute atomic E-state index is 10.9. The van der Waals surface area contributed by atoms with E-state index in [1.165, 1.54) is 12.8 Å². The van der Waals surface area contributed by atoms with Crippen molar-refractivity contribution in [2.75, 3.05) is 12.8 Å². The third kappa shape index (κ3) is 1.66. The largest absolute Gasteiger partial charge is 0.359 e. The second kappa shape index (κ2) is 2.82. The molecule has 0 aromatic heterocycles. The average molecular weight is 159 g/mol. The van der Waals surface area contributed by atoms with Crippen LogP contribution >= 0.6 is 12.6 Å². The lowest BCUT2D eigenvalue weighted by Crippen LogP contribution is -2.22. The maximum atomic E-state index is 10.9. The van der Waals surface area contributed by atoms with Gasteiger partial charge in [0.15, 0.2) is 0 Å². The van der Waals surface area contributed by atoms with Crippen molar-refractivity contribution in [3.63, 3.8) is 0 Å². The first-order valence-corrected chi connectivity index (χ1v) is 4.17. The van der Waals surface area contributed by atoms with Crippen LogP contribution < -0.4 is 5.32 Å². The van der Waals surface area contributed by atoms with Crippen LogP contribution in [0.4, 0.5) is 0 Å². The smallest absolute Gasteiger partial charge is 0.220 e. The molecule has 0 bridgehead atoms. The molecule has 10 heavy (non-hydrogen) atoms. The van der Waals surface area contributed by atoms with Crippen LogP contribution in [0.5, 0.6) is 0 Å². The number of hydrogen-bond acceptors (Lipinski definition) is 2. The van der Waals surface area contributed by atoms with Gasteiger partial charge in [-0.3, -0.25) is 4.79 Å². The van der Waals surface area contributed by atoms with Crippen molar-refractivity contribution in [2.45, 2.75) is 19.3 Å². The minimum Gasteiger partial charge on any atom is -0.359 e. The Morgan fingerprint density at radius 1 is 1.70 bits per heavy atom. The molecular weight excluding hydrogens is 146 g/mol. The Bertz CT molecular complexity index is 143. The molecule has 1 saturated carbocycles. The molecule has 0 atom stereocenters. The average Bonchev–Trinajstić information content (AvgIpc) is 2.70. The molecule has 0 unspecified atom stereocenters. The molecule has 0 radical (unpaired) electrons. The van der Waals surface area contributed by atoms with Crippen molar-refractivity contribution < 1.29 is 4.79 Å². The quantitative estimate of drug-likeness (QED) is 0.587. The predicted molar refractivity (Wildman–Crippen MR) is 44.2 cm³/mol. The summed E-state index contributed by atoms with van der Waals surface area (Å²) in [5.41, 5.74) is 0.267. The standard InChI is InChI=1S/C7H13NOS/c1-8-6(9)4-7(5-10)2-3-7/h10H,2-5H2,1H3,(H,8,9). The number of carbonyl (C=O) groups is 1. The van der Waals surface area contributed by atoms with Gasteiger partial charge in [0.25, 0.3) is 0 Å². The van der Waals surface area contributed by atoms with E-state index in [2.05, 4.69) is 17.9 Å². The van der Waals surface area contributed by atoms with Crippen LogP contribution in [0, 0.1) is 5.41 Å². The molecule has 0 heterocycles. The fourth-order valence-electron chi connectivity index (χ4n) is 0.997. The summed E-state index contributed by atoms with van der Waals surface area (Å²) in [6.07, 6.45) is 3.00. The molecule has 0 aromatic carbocycles. The summed E-state index contributed by atoms with van der Waals surface area (Å²) in [6, 6.07) is 0. The van der Waals surface area contributed by atoms with Crippen molar-refractivity contribution in [3.05, 3.63) is 0 Å². The molecular formula is C7H13NOS. The molecule has 1 aliphatic rings. The Morgan fingerprint density at radius 2 is 2.30 bits per heavy atom. The van der Waals surface area contributed by atoms with Crippen LogP contribution in [-0.4, -0.2) is 18.7 Å². The van der Waals surface area contributed by atoms with Gasteiger partial charge >= 0.3 is 0 Å². The third-order valence-corrected chi connectivity index (χ3v) is 2.78. The summed E-state index contributed by atoms with van der Waals surface area (Å²) >= 11 is 4.20. The number of thiol groups is 1. The molecule has 1 aliphatic carbocycles. The fourth-order valence-corrected chi connectivity index (χ4v) is 1.42. The Kier molecular flexibility index (Phi) is 2.24. The highest BCUT2D eigenvalue weighted by molar-refractivity contribution is 7.80. The minimum atomic E-state index is 0.145. The second-order valence-corrected chi connectivity index (χ2v) is 3.32. The van der Waals surface area contributed by atoms with E-state index in [1.54, 1.807) is 7.05 Å². The number of nitrogens with one attached hydrogen (secondary N) is 1. The highest BCUT2D eigenvalue weighted by atomic mass is 32.1. The molecule has 1 fully saturated rings. The highest BCUT2D eigenvalue weighted by Crippen LogP contribution is 2.49. The predicted octanol–water partition coefficient (Wildman–Crippen LogP) is 0.833. The summed E-state index contributed by atoms with van der Waals surface area (Å²) in [6.45, 7) is 0. The number of carbonyl (C=O) groups excluding carboxylic acids is 1. The summed E-state index contributed by atoms with van der Waals surface area (Å²) < 4.78 is 0. The van der Waals surface area contributed by atoms with Gasteiger partial charge in [-0.25, -0.2) is 0 Å². The summed E-state index contributed by atoms with van der Waals surface area (Å²) in [5, 5.41) is 2.62. The SMILES string of the molecule is CNC(=O)CC1(CS)CC1. The second-order valence-electron chi connectivity index (χ2n) is 3.01. The van der Waals surface area contributed by atoms with E-state index < -0.39 is 0 Å². The lowest BCUT2D eigenvalue weighted by atomic mass is 10.1. The molecule has 1 amide bonds. The van der Waals surface area contributed by atoms with Gasteiger partial charge in [0, 0.05) is 13.5 Å². The Morgan fingerprint density at radius 3 is 2.60 bits per heavy atom. The van der Waals surface area contributed by atoms with E-state index in [-0.39, 0.29) is 11.3 Å². The monoisotopic (exact) mass is 159 g/mol. The van der Waals surface area contributed by atoms with Crippen LogP contribution in [0.1, 0.15) is 19.3 Å². The van der Waals surface area contributed by atoms with E-state index in [4.69, 9.17) is 0 Å². The molecule has 3 heteroatoms. The Balaban J connectivity index is 2.30. The lowest BCUT2D eigenvalue weighted by molar-refractivity contribution is -0.121. The molecule has 0 aliphatic heterocycles. The van der Waals surface area contributed by atoms with Crippen LogP contribution in [-0.2, 0) is 4.79 Å². The first kappa shape index (κ1) is 7.92. The van der Waals surface area contributed by atoms with Crippen LogP contribution in [0.25, 0.3) is 0 Å². The van der Waals surface area contributed by atoms with Gasteiger partial charge in [0.2, 0.25) is 5.91 Å². The van der Waals surface area contributed by atoms with E-state index in [0.29, 0.717) is 6.42 Å². The Labute approximate surface area is 66.8 Å². The molecule has 1 rings (SSSR count). The van der Waals surface area contributed by atoms with Gasteiger partial charge in [-0.05, 0) is 24.0 Å².